The summed E-state index contributed by atoms with van der Waals surface area (Å²) in [6.45, 7) is 8.82. The van der Waals surface area contributed by atoms with E-state index >= 15 is 0 Å². The maximum atomic E-state index is 3.38. The van der Waals surface area contributed by atoms with Crippen molar-refractivity contribution in [2.45, 2.75) is 33.6 Å². The highest BCUT2D eigenvalue weighted by Crippen LogP contribution is 2.21. The van der Waals surface area contributed by atoms with E-state index in [1.807, 2.05) is 0 Å². The lowest BCUT2D eigenvalue weighted by atomic mass is 9.92. The van der Waals surface area contributed by atoms with Crippen LogP contribution < -0.4 is 5.32 Å². The van der Waals surface area contributed by atoms with Crippen molar-refractivity contribution in [3.05, 3.63) is 23.3 Å². The molecule has 0 bridgehead atoms. The van der Waals surface area contributed by atoms with Gasteiger partial charge in [-0.1, -0.05) is 38.5 Å². The molecule has 0 spiro atoms. The molecule has 1 aliphatic carbocycles. The minimum atomic E-state index is 0.678. The Morgan fingerprint density at radius 3 is 2.85 bits per heavy atom. The summed E-state index contributed by atoms with van der Waals surface area (Å²) in [4.78, 5) is 0. The predicted molar refractivity (Wildman–Crippen MR) is 58.8 cm³/mol. The zero-order valence-electron chi connectivity index (χ0n) is 9.06. The highest BCUT2D eigenvalue weighted by atomic mass is 14.8. The summed E-state index contributed by atoms with van der Waals surface area (Å²) in [6.07, 6.45) is 7.21. The fraction of sp³-hybridized carbons (Fsp3) is 0.667. The molecule has 0 aromatic rings. The fourth-order valence-corrected chi connectivity index (χ4v) is 1.62. The first-order valence-electron chi connectivity index (χ1n) is 5.34. The van der Waals surface area contributed by atoms with Crippen molar-refractivity contribution in [3.63, 3.8) is 0 Å². The highest BCUT2D eigenvalue weighted by molar-refractivity contribution is 5.29. The van der Waals surface area contributed by atoms with Gasteiger partial charge in [-0.2, -0.15) is 0 Å². The minimum absolute atomic E-state index is 0.678. The Balaban J connectivity index is 2.51. The Bertz CT molecular complexity index is 211. The van der Waals surface area contributed by atoms with Crippen LogP contribution in [0.4, 0.5) is 0 Å². The molecular weight excluding hydrogens is 158 g/mol. The van der Waals surface area contributed by atoms with Gasteiger partial charge in [0.2, 0.25) is 0 Å². The van der Waals surface area contributed by atoms with Crippen LogP contribution in [-0.4, -0.2) is 13.1 Å². The molecule has 0 aliphatic heterocycles. The van der Waals surface area contributed by atoms with E-state index < -0.39 is 0 Å². The topological polar surface area (TPSA) is 12.0 Å². The van der Waals surface area contributed by atoms with E-state index in [1.54, 1.807) is 5.57 Å². The van der Waals surface area contributed by atoms with Crippen LogP contribution in [-0.2, 0) is 0 Å². The molecule has 0 heterocycles. The third kappa shape index (κ3) is 3.35. The first kappa shape index (κ1) is 10.5. The van der Waals surface area contributed by atoms with Crippen molar-refractivity contribution in [2.75, 3.05) is 13.1 Å². The molecule has 1 rings (SSSR count). The van der Waals surface area contributed by atoms with Crippen molar-refractivity contribution < 1.29 is 0 Å². The summed E-state index contributed by atoms with van der Waals surface area (Å²) in [5, 5.41) is 3.38. The van der Waals surface area contributed by atoms with Gasteiger partial charge in [0, 0.05) is 6.54 Å². The summed E-state index contributed by atoms with van der Waals surface area (Å²) >= 11 is 0. The smallest absolute Gasteiger partial charge is 0.0167 e. The van der Waals surface area contributed by atoms with Crippen LogP contribution in [0.25, 0.3) is 0 Å². The van der Waals surface area contributed by atoms with Gasteiger partial charge < -0.3 is 5.32 Å². The second-order valence-electron chi connectivity index (χ2n) is 3.98. The molecule has 0 saturated heterocycles. The maximum Gasteiger partial charge on any atom is 0.0167 e. The van der Waals surface area contributed by atoms with E-state index in [-0.39, 0.29) is 0 Å². The second-order valence-corrected chi connectivity index (χ2v) is 3.98. The van der Waals surface area contributed by atoms with E-state index in [0.29, 0.717) is 5.92 Å². The summed E-state index contributed by atoms with van der Waals surface area (Å²) < 4.78 is 0. The molecule has 0 radical (unpaired) electrons. The number of rotatable bonds is 4. The summed E-state index contributed by atoms with van der Waals surface area (Å²) in [6, 6.07) is 0. The molecule has 0 fully saturated rings. The van der Waals surface area contributed by atoms with E-state index in [4.69, 9.17) is 0 Å². The average Bonchev–Trinajstić information content (AvgIpc) is 2.15. The highest BCUT2D eigenvalue weighted by Gasteiger charge is 2.07. The van der Waals surface area contributed by atoms with Crippen LogP contribution in [0.2, 0.25) is 0 Å². The third-order valence-corrected chi connectivity index (χ3v) is 2.49. The van der Waals surface area contributed by atoms with E-state index in [1.165, 1.54) is 18.4 Å². The van der Waals surface area contributed by atoms with Crippen molar-refractivity contribution in [2.24, 2.45) is 5.92 Å². The lowest BCUT2D eigenvalue weighted by Gasteiger charge is -2.16. The van der Waals surface area contributed by atoms with Gasteiger partial charge in [-0.25, -0.2) is 0 Å². The monoisotopic (exact) mass is 179 g/mol. The Kier molecular flexibility index (Phi) is 4.23. The van der Waals surface area contributed by atoms with Gasteiger partial charge in [-0.3, -0.25) is 0 Å². The molecule has 1 heteroatoms. The van der Waals surface area contributed by atoms with Crippen LogP contribution in [0.1, 0.15) is 33.6 Å². The molecule has 1 aliphatic rings. The van der Waals surface area contributed by atoms with Crippen molar-refractivity contribution >= 4 is 0 Å². The predicted octanol–water partition coefficient (Wildman–Crippen LogP) is 2.90. The number of likely N-dealkylation sites (N-methyl/N-ethyl adjacent to an activating group) is 1. The largest absolute Gasteiger partial charge is 0.313 e. The van der Waals surface area contributed by atoms with Crippen molar-refractivity contribution in [1.29, 1.82) is 0 Å². The zero-order chi connectivity index (χ0) is 9.68. The van der Waals surface area contributed by atoms with Gasteiger partial charge >= 0.3 is 0 Å². The van der Waals surface area contributed by atoms with Gasteiger partial charge in [0.15, 0.2) is 0 Å². The quantitative estimate of drug-likeness (QED) is 0.699. The van der Waals surface area contributed by atoms with Crippen LogP contribution in [0, 0.1) is 5.92 Å². The average molecular weight is 179 g/mol. The van der Waals surface area contributed by atoms with E-state index in [2.05, 4.69) is 38.2 Å². The Hall–Kier alpha value is -0.560. The Morgan fingerprint density at radius 2 is 2.23 bits per heavy atom. The van der Waals surface area contributed by atoms with Gasteiger partial charge in [0.25, 0.3) is 0 Å². The second kappa shape index (κ2) is 5.23. The minimum Gasteiger partial charge on any atom is -0.313 e. The van der Waals surface area contributed by atoms with Gasteiger partial charge in [0.05, 0.1) is 0 Å². The lowest BCUT2D eigenvalue weighted by Crippen LogP contribution is -2.17. The van der Waals surface area contributed by atoms with E-state index in [9.17, 15) is 0 Å². The number of allylic oxidation sites excluding steroid dienone is 3. The standard InChI is InChI=1S/C12H21N/c1-4-13-9-11-6-5-7-12(8-11)10(2)3/h7-8,10,13H,4-6,9H2,1-3H3. The van der Waals surface area contributed by atoms with Gasteiger partial charge in [-0.15, -0.1) is 0 Å². The molecule has 13 heavy (non-hydrogen) atoms. The zero-order valence-corrected chi connectivity index (χ0v) is 9.06. The van der Waals surface area contributed by atoms with Crippen molar-refractivity contribution in [1.82, 2.24) is 5.32 Å². The van der Waals surface area contributed by atoms with Crippen LogP contribution in [0.3, 0.4) is 0 Å². The molecule has 0 saturated carbocycles. The third-order valence-electron chi connectivity index (χ3n) is 2.49. The molecule has 0 unspecified atom stereocenters. The summed E-state index contributed by atoms with van der Waals surface area (Å²) in [5.41, 5.74) is 3.08. The van der Waals surface area contributed by atoms with Crippen LogP contribution >= 0.6 is 0 Å². The first-order chi connectivity index (χ1) is 6.24. The fourth-order valence-electron chi connectivity index (χ4n) is 1.62. The molecule has 1 nitrogen and oxygen atoms in total. The first-order valence-corrected chi connectivity index (χ1v) is 5.34. The number of nitrogens with one attached hydrogen (secondary N) is 1. The lowest BCUT2D eigenvalue weighted by molar-refractivity contribution is 0.720. The maximum absolute atomic E-state index is 3.38. The van der Waals surface area contributed by atoms with Crippen LogP contribution in [0.5, 0.6) is 0 Å². The van der Waals surface area contributed by atoms with E-state index in [0.717, 1.165) is 13.1 Å². The molecule has 0 amide bonds. The van der Waals surface area contributed by atoms with Crippen LogP contribution in [0.15, 0.2) is 23.3 Å². The Morgan fingerprint density at radius 1 is 1.46 bits per heavy atom. The molecule has 0 aromatic heterocycles. The Labute approximate surface area is 81.9 Å². The van der Waals surface area contributed by atoms with Gasteiger partial charge in [0.1, 0.15) is 0 Å². The van der Waals surface area contributed by atoms with Crippen molar-refractivity contribution in [3.8, 4) is 0 Å². The molecule has 74 valence electrons. The summed E-state index contributed by atoms with van der Waals surface area (Å²) in [7, 11) is 0. The SMILES string of the molecule is CCNCC1=CC(C(C)C)=CCC1. The molecule has 1 N–H and O–H groups in total. The molecule has 0 aromatic carbocycles. The molecular formula is C12H21N. The number of hydrogen-bond acceptors (Lipinski definition) is 1. The van der Waals surface area contributed by atoms with Gasteiger partial charge in [-0.05, 0) is 30.9 Å². The number of hydrogen-bond donors (Lipinski definition) is 1. The normalized spacial score (nSPS) is 17.2. The molecule has 0 atom stereocenters. The summed E-state index contributed by atoms with van der Waals surface area (Å²) in [5.74, 6) is 0.678.